The molecule has 1 saturated heterocycles. The smallest absolute Gasteiger partial charge is 0.339 e. The van der Waals surface area contributed by atoms with Crippen LogP contribution in [0, 0.1) is 6.92 Å². The molecule has 0 atom stereocenters. The summed E-state index contributed by atoms with van der Waals surface area (Å²) in [6.45, 7) is 2.29. The van der Waals surface area contributed by atoms with Gasteiger partial charge in [-0.25, -0.2) is 18.2 Å². The Morgan fingerprint density at radius 1 is 1.00 bits per heavy atom. The van der Waals surface area contributed by atoms with E-state index in [9.17, 15) is 18.0 Å². The van der Waals surface area contributed by atoms with E-state index in [2.05, 4.69) is 5.32 Å². The number of ether oxygens (including phenoxy) is 1. The number of hydrogen-bond acceptors (Lipinski definition) is 6. The number of fused-ring (bicyclic) bond motifs is 1. The van der Waals surface area contributed by atoms with Crippen LogP contribution >= 0.6 is 11.6 Å². The number of rotatable bonds is 7. The molecule has 2 heterocycles. The number of hydrogen-bond donors (Lipinski definition) is 1. The third kappa shape index (κ3) is 5.66. The van der Waals surface area contributed by atoms with Gasteiger partial charge in [0.05, 0.1) is 21.7 Å². The fraction of sp³-hybridized carbons (Fsp3) is 0.207. The standard InChI is InChI=1S/C29H26ClN3O5S/c1-19-27(24-9-2-3-10-25(24)32-28(19)20-7-6-8-21(30)17-20)29(35)38-18-26(34)31-22-11-13-23(14-12-22)39(36,37)33-15-4-5-16-33/h2-3,6-14,17H,4-5,15-16,18H2,1H3,(H,31,34). The molecular formula is C29H26ClN3O5S. The highest BCUT2D eigenvalue weighted by Crippen LogP contribution is 2.31. The van der Waals surface area contributed by atoms with Crippen molar-refractivity contribution < 1.29 is 22.7 Å². The molecule has 1 N–H and O–H groups in total. The van der Waals surface area contributed by atoms with Crippen molar-refractivity contribution in [3.8, 4) is 11.3 Å². The number of nitrogens with one attached hydrogen (secondary N) is 1. The van der Waals surface area contributed by atoms with Crippen LogP contribution in [0.4, 0.5) is 5.69 Å². The molecule has 0 radical (unpaired) electrons. The van der Waals surface area contributed by atoms with Crippen molar-refractivity contribution in [3.63, 3.8) is 0 Å². The highest BCUT2D eigenvalue weighted by molar-refractivity contribution is 7.89. The summed E-state index contributed by atoms with van der Waals surface area (Å²) in [4.78, 5) is 30.7. The number of halogens is 1. The number of anilines is 1. The van der Waals surface area contributed by atoms with E-state index in [1.165, 1.54) is 28.6 Å². The fourth-order valence-corrected chi connectivity index (χ4v) is 6.38. The highest BCUT2D eigenvalue weighted by Gasteiger charge is 2.27. The van der Waals surface area contributed by atoms with E-state index in [-0.39, 0.29) is 4.90 Å². The second-order valence-electron chi connectivity index (χ2n) is 9.25. The van der Waals surface area contributed by atoms with Crippen LogP contribution in [0.1, 0.15) is 28.8 Å². The number of carbonyl (C=O) groups is 2. The van der Waals surface area contributed by atoms with E-state index in [1.807, 2.05) is 18.2 Å². The zero-order valence-electron chi connectivity index (χ0n) is 21.2. The number of amides is 1. The van der Waals surface area contributed by atoms with Crippen LogP contribution in [0.2, 0.25) is 5.02 Å². The Bertz CT molecular complexity index is 1670. The SMILES string of the molecule is Cc1c(-c2cccc(Cl)c2)nc2ccccc2c1C(=O)OCC(=O)Nc1ccc(S(=O)(=O)N2CCCC2)cc1. The second kappa shape index (κ2) is 11.1. The lowest BCUT2D eigenvalue weighted by atomic mass is 9.98. The van der Waals surface area contributed by atoms with Crippen LogP contribution in [0.15, 0.2) is 77.7 Å². The number of para-hydroxylation sites is 1. The number of carbonyl (C=O) groups excluding carboxylic acids is 2. The molecule has 3 aromatic carbocycles. The van der Waals surface area contributed by atoms with Crippen molar-refractivity contribution in [1.29, 1.82) is 0 Å². The maximum Gasteiger partial charge on any atom is 0.339 e. The van der Waals surface area contributed by atoms with Gasteiger partial charge in [0.1, 0.15) is 0 Å². The Kier molecular flexibility index (Phi) is 7.65. The van der Waals surface area contributed by atoms with Gasteiger partial charge in [-0.1, -0.05) is 41.9 Å². The lowest BCUT2D eigenvalue weighted by Gasteiger charge is -2.16. The first-order valence-electron chi connectivity index (χ1n) is 12.5. The van der Waals surface area contributed by atoms with Crippen molar-refractivity contribution in [2.75, 3.05) is 25.0 Å². The molecule has 0 saturated carbocycles. The van der Waals surface area contributed by atoms with Gasteiger partial charge in [0.15, 0.2) is 6.61 Å². The molecule has 0 unspecified atom stereocenters. The van der Waals surface area contributed by atoms with Gasteiger partial charge in [0.2, 0.25) is 10.0 Å². The Morgan fingerprint density at radius 3 is 2.44 bits per heavy atom. The van der Waals surface area contributed by atoms with Crippen LogP contribution in [-0.2, 0) is 19.6 Å². The van der Waals surface area contributed by atoms with E-state index < -0.39 is 28.5 Å². The summed E-state index contributed by atoms with van der Waals surface area (Å²) in [7, 11) is -3.55. The quantitative estimate of drug-likeness (QED) is 0.300. The first-order valence-corrected chi connectivity index (χ1v) is 14.3. The fourth-order valence-electron chi connectivity index (χ4n) is 4.68. The molecule has 0 bridgehead atoms. The zero-order valence-corrected chi connectivity index (χ0v) is 22.8. The predicted molar refractivity (Wildman–Crippen MR) is 150 cm³/mol. The van der Waals surface area contributed by atoms with Crippen LogP contribution in [0.5, 0.6) is 0 Å². The summed E-state index contributed by atoms with van der Waals surface area (Å²) in [6, 6.07) is 20.4. The molecule has 8 nitrogen and oxygen atoms in total. The van der Waals surface area contributed by atoms with E-state index in [4.69, 9.17) is 21.3 Å². The van der Waals surface area contributed by atoms with Crippen LogP contribution in [0.3, 0.4) is 0 Å². The summed E-state index contributed by atoms with van der Waals surface area (Å²) in [5, 5.41) is 3.80. The molecule has 0 aliphatic carbocycles. The molecule has 5 rings (SSSR count). The molecule has 1 fully saturated rings. The molecule has 0 spiro atoms. The second-order valence-corrected chi connectivity index (χ2v) is 11.6. The molecule has 1 aliphatic heterocycles. The largest absolute Gasteiger partial charge is 0.452 e. The third-order valence-electron chi connectivity index (χ3n) is 6.61. The van der Waals surface area contributed by atoms with Crippen LogP contribution in [-0.4, -0.2) is 49.3 Å². The van der Waals surface area contributed by atoms with E-state index in [0.29, 0.717) is 51.5 Å². The lowest BCUT2D eigenvalue weighted by molar-refractivity contribution is -0.119. The van der Waals surface area contributed by atoms with E-state index in [0.717, 1.165) is 18.4 Å². The van der Waals surface area contributed by atoms with Gasteiger partial charge in [0, 0.05) is 34.7 Å². The van der Waals surface area contributed by atoms with Gasteiger partial charge in [-0.05, 0) is 67.8 Å². The Labute approximate surface area is 231 Å². The van der Waals surface area contributed by atoms with E-state index >= 15 is 0 Å². The van der Waals surface area contributed by atoms with Crippen molar-refractivity contribution in [2.24, 2.45) is 0 Å². The van der Waals surface area contributed by atoms with Gasteiger partial charge in [-0.3, -0.25) is 4.79 Å². The molecule has 200 valence electrons. The van der Waals surface area contributed by atoms with Crippen LogP contribution < -0.4 is 5.32 Å². The summed E-state index contributed by atoms with van der Waals surface area (Å²) in [5.74, 6) is -1.21. The average molecular weight is 564 g/mol. The maximum absolute atomic E-state index is 13.2. The van der Waals surface area contributed by atoms with Crippen molar-refractivity contribution >= 4 is 50.1 Å². The normalized spacial score (nSPS) is 13.9. The predicted octanol–water partition coefficient (Wildman–Crippen LogP) is 5.44. The molecular weight excluding hydrogens is 538 g/mol. The van der Waals surface area contributed by atoms with Gasteiger partial charge in [-0.2, -0.15) is 4.31 Å². The molecule has 39 heavy (non-hydrogen) atoms. The maximum atomic E-state index is 13.2. The van der Waals surface area contributed by atoms with Crippen molar-refractivity contribution in [2.45, 2.75) is 24.7 Å². The van der Waals surface area contributed by atoms with Gasteiger partial charge in [0.25, 0.3) is 5.91 Å². The van der Waals surface area contributed by atoms with Gasteiger partial charge in [-0.15, -0.1) is 0 Å². The van der Waals surface area contributed by atoms with E-state index in [1.54, 1.807) is 37.3 Å². The Balaban J connectivity index is 1.31. The molecule has 1 aromatic heterocycles. The van der Waals surface area contributed by atoms with Gasteiger partial charge < -0.3 is 10.1 Å². The average Bonchev–Trinajstić information content (AvgIpc) is 3.48. The summed E-state index contributed by atoms with van der Waals surface area (Å²) >= 11 is 6.18. The molecule has 1 amide bonds. The summed E-state index contributed by atoms with van der Waals surface area (Å²) < 4.78 is 32.3. The minimum atomic E-state index is -3.55. The van der Waals surface area contributed by atoms with Gasteiger partial charge >= 0.3 is 5.97 Å². The zero-order chi connectivity index (χ0) is 27.6. The number of esters is 1. The first kappa shape index (κ1) is 26.8. The Hall–Kier alpha value is -3.79. The number of aromatic nitrogens is 1. The molecule has 10 heteroatoms. The van der Waals surface area contributed by atoms with Crippen LogP contribution in [0.25, 0.3) is 22.2 Å². The van der Waals surface area contributed by atoms with Crippen molar-refractivity contribution in [3.05, 3.63) is 88.9 Å². The summed E-state index contributed by atoms with van der Waals surface area (Å²) in [5.41, 5.74) is 3.28. The first-order chi connectivity index (χ1) is 18.7. The lowest BCUT2D eigenvalue weighted by Crippen LogP contribution is -2.27. The summed E-state index contributed by atoms with van der Waals surface area (Å²) in [6.07, 6.45) is 1.70. The minimum Gasteiger partial charge on any atom is -0.452 e. The number of benzene rings is 3. The highest BCUT2D eigenvalue weighted by atomic mass is 35.5. The van der Waals surface area contributed by atoms with Crippen molar-refractivity contribution in [1.82, 2.24) is 9.29 Å². The third-order valence-corrected chi connectivity index (χ3v) is 8.76. The molecule has 4 aromatic rings. The number of pyridine rings is 1. The molecule has 1 aliphatic rings. The number of nitrogens with zero attached hydrogens (tertiary/aromatic N) is 2. The number of sulfonamides is 1. The topological polar surface area (TPSA) is 106 Å². The minimum absolute atomic E-state index is 0.171. The Morgan fingerprint density at radius 2 is 1.72 bits per heavy atom. The monoisotopic (exact) mass is 563 g/mol.